The molecule has 0 saturated heterocycles. The third-order valence-electron chi connectivity index (χ3n) is 1.89. The van der Waals surface area contributed by atoms with Gasteiger partial charge < -0.3 is 4.74 Å². The fraction of sp³-hybridized carbons (Fsp3) is 0.333. The maximum absolute atomic E-state index is 13.4. The molecule has 1 aromatic carbocycles. The molecule has 0 bridgehead atoms. The Morgan fingerprint density at radius 1 is 1.32 bits per heavy atom. The van der Waals surface area contributed by atoms with Gasteiger partial charge in [-0.2, -0.15) is 13.2 Å². The third-order valence-corrected chi connectivity index (χ3v) is 3.85. The minimum atomic E-state index is -4.40. The van der Waals surface area contributed by atoms with Crippen molar-refractivity contribution >= 4 is 35.7 Å². The van der Waals surface area contributed by atoms with Crippen LogP contribution in [-0.2, 0) is 9.05 Å². The van der Waals surface area contributed by atoms with Crippen LogP contribution in [0.1, 0.15) is 6.42 Å². The van der Waals surface area contributed by atoms with Crippen molar-refractivity contribution in [1.29, 1.82) is 0 Å². The first kappa shape index (κ1) is 16.5. The van der Waals surface area contributed by atoms with Crippen LogP contribution >= 0.6 is 26.6 Å². The maximum atomic E-state index is 13.4. The fourth-order valence-electron chi connectivity index (χ4n) is 1.08. The van der Waals surface area contributed by atoms with Gasteiger partial charge in [0.05, 0.1) is 17.5 Å². The SMILES string of the molecule is O=S(=O)(Cl)c1cc(Br)c(OCCC(F)(F)F)cc1F. The highest BCUT2D eigenvalue weighted by molar-refractivity contribution is 9.10. The largest absolute Gasteiger partial charge is 0.492 e. The number of rotatable bonds is 4. The predicted octanol–water partition coefficient (Wildman–Crippen LogP) is 3.85. The molecule has 0 aliphatic rings. The summed E-state index contributed by atoms with van der Waals surface area (Å²) >= 11 is 2.86. The monoisotopic (exact) mass is 384 g/mol. The lowest BCUT2D eigenvalue weighted by Crippen LogP contribution is -2.13. The summed E-state index contributed by atoms with van der Waals surface area (Å²) in [6.07, 6.45) is -5.61. The van der Waals surface area contributed by atoms with Crippen molar-refractivity contribution < 1.29 is 30.7 Å². The van der Waals surface area contributed by atoms with E-state index in [4.69, 9.17) is 15.4 Å². The van der Waals surface area contributed by atoms with Crippen molar-refractivity contribution in [2.75, 3.05) is 6.61 Å². The van der Waals surface area contributed by atoms with Gasteiger partial charge in [0.15, 0.2) is 0 Å². The van der Waals surface area contributed by atoms with Gasteiger partial charge in [-0.1, -0.05) is 0 Å². The number of ether oxygens (including phenoxy) is 1. The molecule has 10 heteroatoms. The lowest BCUT2D eigenvalue weighted by molar-refractivity contribution is -0.139. The van der Waals surface area contributed by atoms with E-state index in [1.54, 1.807) is 0 Å². The first-order valence-corrected chi connectivity index (χ1v) is 7.74. The third kappa shape index (κ3) is 5.15. The molecule has 3 nitrogen and oxygen atoms in total. The summed E-state index contributed by atoms with van der Waals surface area (Å²) in [6.45, 7) is -0.714. The minimum Gasteiger partial charge on any atom is -0.492 e. The average Bonchev–Trinajstić information content (AvgIpc) is 2.19. The van der Waals surface area contributed by atoms with E-state index in [9.17, 15) is 26.0 Å². The second-order valence-corrected chi connectivity index (χ2v) is 6.75. The van der Waals surface area contributed by atoms with Gasteiger partial charge in [0, 0.05) is 16.7 Å². The molecular weight excluding hydrogens is 380 g/mol. The summed E-state index contributed by atoms with van der Waals surface area (Å²) in [4.78, 5) is -0.788. The Balaban J connectivity index is 2.91. The van der Waals surface area contributed by atoms with E-state index in [-0.39, 0.29) is 10.2 Å². The molecule has 0 unspecified atom stereocenters. The first-order chi connectivity index (χ1) is 8.50. The van der Waals surface area contributed by atoms with Crippen LogP contribution in [0.2, 0.25) is 0 Å². The smallest absolute Gasteiger partial charge is 0.392 e. The zero-order chi connectivity index (χ0) is 14.8. The molecule has 1 aromatic rings. The summed E-state index contributed by atoms with van der Waals surface area (Å²) in [5.74, 6) is -1.45. The summed E-state index contributed by atoms with van der Waals surface area (Å²) in [6, 6.07) is 1.47. The zero-order valence-corrected chi connectivity index (χ0v) is 12.1. The van der Waals surface area contributed by atoms with Gasteiger partial charge in [-0.05, 0) is 22.0 Å². The molecule has 0 spiro atoms. The van der Waals surface area contributed by atoms with Crippen LogP contribution in [0.4, 0.5) is 17.6 Å². The van der Waals surface area contributed by atoms with Gasteiger partial charge in [-0.15, -0.1) is 0 Å². The normalized spacial score (nSPS) is 12.5. The van der Waals surface area contributed by atoms with E-state index >= 15 is 0 Å². The lowest BCUT2D eigenvalue weighted by atomic mass is 10.3. The number of halogens is 6. The second kappa shape index (κ2) is 5.84. The van der Waals surface area contributed by atoms with Crippen molar-refractivity contribution in [2.45, 2.75) is 17.5 Å². The van der Waals surface area contributed by atoms with Crippen molar-refractivity contribution in [1.82, 2.24) is 0 Å². The van der Waals surface area contributed by atoms with Crippen molar-refractivity contribution in [3.8, 4) is 5.75 Å². The van der Waals surface area contributed by atoms with E-state index in [2.05, 4.69) is 15.9 Å². The molecule has 0 aliphatic carbocycles. The predicted molar refractivity (Wildman–Crippen MR) is 63.3 cm³/mol. The van der Waals surface area contributed by atoms with Crippen LogP contribution in [0.3, 0.4) is 0 Å². The van der Waals surface area contributed by atoms with Gasteiger partial charge in [-0.3, -0.25) is 0 Å². The first-order valence-electron chi connectivity index (χ1n) is 4.64. The van der Waals surface area contributed by atoms with Gasteiger partial charge in [0.25, 0.3) is 9.05 Å². The molecule has 0 N–H and O–H groups in total. The van der Waals surface area contributed by atoms with E-state index in [0.717, 1.165) is 6.07 Å². The molecule has 1 rings (SSSR count). The minimum absolute atomic E-state index is 0.0182. The second-order valence-electron chi connectivity index (χ2n) is 3.36. The van der Waals surface area contributed by atoms with Gasteiger partial charge in [0.1, 0.15) is 16.5 Å². The van der Waals surface area contributed by atoms with E-state index < -0.39 is 39.0 Å². The molecule has 0 atom stereocenters. The molecule has 0 radical (unpaired) electrons. The molecule has 0 aromatic heterocycles. The van der Waals surface area contributed by atoms with Crippen LogP contribution in [0, 0.1) is 5.82 Å². The van der Waals surface area contributed by atoms with Crippen LogP contribution in [0.15, 0.2) is 21.5 Å². The fourth-order valence-corrected chi connectivity index (χ4v) is 2.60. The number of benzene rings is 1. The van der Waals surface area contributed by atoms with Crippen molar-refractivity contribution in [3.63, 3.8) is 0 Å². The number of hydrogen-bond donors (Lipinski definition) is 0. The highest BCUT2D eigenvalue weighted by atomic mass is 79.9. The topological polar surface area (TPSA) is 43.4 Å². The van der Waals surface area contributed by atoms with E-state index in [0.29, 0.717) is 6.07 Å². The Morgan fingerprint density at radius 3 is 2.37 bits per heavy atom. The summed E-state index contributed by atoms with van der Waals surface area (Å²) in [5.41, 5.74) is 0. The standard InChI is InChI=1S/C9H6BrClF4O3S/c10-5-3-8(19(11,16)17)6(12)4-7(5)18-2-1-9(13,14)15/h3-4H,1-2H2. The summed E-state index contributed by atoms with van der Waals surface area (Å²) in [5, 5.41) is 0. The molecule has 19 heavy (non-hydrogen) atoms. The van der Waals surface area contributed by atoms with Crippen LogP contribution in [0.5, 0.6) is 5.75 Å². The molecular formula is C9H6BrClF4O3S. The maximum Gasteiger partial charge on any atom is 0.392 e. The van der Waals surface area contributed by atoms with Crippen LogP contribution < -0.4 is 4.74 Å². The molecule has 0 amide bonds. The molecule has 0 saturated carbocycles. The van der Waals surface area contributed by atoms with E-state index in [1.807, 2.05) is 0 Å². The van der Waals surface area contributed by atoms with Gasteiger partial charge in [-0.25, -0.2) is 12.8 Å². The quantitative estimate of drug-likeness (QED) is 0.584. The summed E-state index contributed by atoms with van der Waals surface area (Å²) < 4.78 is 75.7. The van der Waals surface area contributed by atoms with Crippen molar-refractivity contribution in [3.05, 3.63) is 22.4 Å². The molecule has 0 aliphatic heterocycles. The zero-order valence-electron chi connectivity index (χ0n) is 8.97. The Morgan fingerprint density at radius 2 is 1.89 bits per heavy atom. The number of hydrogen-bond acceptors (Lipinski definition) is 3. The van der Waals surface area contributed by atoms with E-state index in [1.165, 1.54) is 0 Å². The van der Waals surface area contributed by atoms with Crippen molar-refractivity contribution in [2.24, 2.45) is 0 Å². The Hall–Kier alpha value is -0.540. The van der Waals surface area contributed by atoms with Crippen LogP contribution in [0.25, 0.3) is 0 Å². The summed E-state index contributed by atoms with van der Waals surface area (Å²) in [7, 11) is 0.689. The highest BCUT2D eigenvalue weighted by Crippen LogP contribution is 2.32. The Labute approximate surface area is 119 Å². The van der Waals surface area contributed by atoms with Crippen LogP contribution in [-0.4, -0.2) is 21.2 Å². The van der Waals surface area contributed by atoms with Gasteiger partial charge >= 0.3 is 6.18 Å². The Kier molecular flexibility index (Phi) is 5.08. The number of alkyl halides is 3. The van der Waals surface area contributed by atoms with Gasteiger partial charge in [0.2, 0.25) is 0 Å². The average molecular weight is 386 g/mol. The Bertz CT molecular complexity index is 574. The molecule has 108 valence electrons. The lowest BCUT2D eigenvalue weighted by Gasteiger charge is -2.11. The molecule has 0 fully saturated rings. The molecule has 0 heterocycles. The highest BCUT2D eigenvalue weighted by Gasteiger charge is 2.27.